The Labute approximate surface area is 180 Å². The molecule has 0 unspecified atom stereocenters. The third kappa shape index (κ3) is 4.00. The third-order valence-corrected chi connectivity index (χ3v) is 6.53. The Morgan fingerprint density at radius 1 is 0.903 bits per heavy atom. The smallest absolute Gasteiger partial charge is 0.269 e. The highest BCUT2D eigenvalue weighted by Gasteiger charge is 2.25. The van der Waals surface area contributed by atoms with Gasteiger partial charge in [0.05, 0.1) is 18.2 Å². The lowest BCUT2D eigenvalue weighted by atomic mass is 10.1. The lowest BCUT2D eigenvalue weighted by Gasteiger charge is -2.09. The van der Waals surface area contributed by atoms with Crippen LogP contribution in [0, 0.1) is 6.92 Å². The number of imidazole rings is 1. The zero-order chi connectivity index (χ0) is 22.0. The monoisotopic (exact) mass is 432 g/mol. The molecular weight excluding hydrogens is 412 g/mol. The van der Waals surface area contributed by atoms with Crippen molar-refractivity contribution < 1.29 is 17.9 Å². The van der Waals surface area contributed by atoms with Crippen LogP contribution in [-0.2, 0) is 10.0 Å². The van der Waals surface area contributed by atoms with Crippen LogP contribution >= 0.6 is 0 Å². The second kappa shape index (κ2) is 8.20. The molecule has 0 aliphatic heterocycles. The van der Waals surface area contributed by atoms with Crippen LogP contribution in [0.2, 0.25) is 0 Å². The second-order valence-corrected chi connectivity index (χ2v) is 8.80. The summed E-state index contributed by atoms with van der Waals surface area (Å²) >= 11 is 0. The quantitative estimate of drug-likeness (QED) is 0.424. The molecule has 0 N–H and O–H groups in total. The summed E-state index contributed by atoms with van der Waals surface area (Å²) in [5.74, 6) is 0.433. The van der Waals surface area contributed by atoms with Crippen LogP contribution in [0.25, 0.3) is 11.4 Å². The first kappa shape index (κ1) is 20.6. The van der Waals surface area contributed by atoms with Crippen LogP contribution < -0.4 is 4.74 Å². The predicted molar refractivity (Wildman–Crippen MR) is 118 cm³/mol. The average Bonchev–Trinajstić information content (AvgIpc) is 3.26. The van der Waals surface area contributed by atoms with Crippen molar-refractivity contribution in [2.45, 2.75) is 11.8 Å². The van der Waals surface area contributed by atoms with Crippen LogP contribution in [0.4, 0.5) is 0 Å². The van der Waals surface area contributed by atoms with Crippen molar-refractivity contribution in [2.75, 3.05) is 7.11 Å². The van der Waals surface area contributed by atoms with Gasteiger partial charge in [0.2, 0.25) is 5.78 Å². The number of benzene rings is 3. The van der Waals surface area contributed by atoms with Crippen LogP contribution in [0.3, 0.4) is 0 Å². The molecule has 1 heterocycles. The van der Waals surface area contributed by atoms with Crippen LogP contribution in [0.1, 0.15) is 21.6 Å². The van der Waals surface area contributed by atoms with Gasteiger partial charge in [-0.2, -0.15) is 0 Å². The van der Waals surface area contributed by atoms with Crippen LogP contribution in [-0.4, -0.2) is 30.3 Å². The normalized spacial score (nSPS) is 11.3. The SMILES string of the molecule is COc1ccc(-c2nc(C(=O)c3ccc(C)cc3)cn2S(=O)(=O)c2ccccc2)cc1. The fourth-order valence-corrected chi connectivity index (χ4v) is 4.49. The summed E-state index contributed by atoms with van der Waals surface area (Å²) in [6, 6.07) is 22.0. The lowest BCUT2D eigenvalue weighted by Crippen LogP contribution is -2.13. The van der Waals surface area contributed by atoms with E-state index in [1.807, 2.05) is 19.1 Å². The van der Waals surface area contributed by atoms with Gasteiger partial charge in [0.25, 0.3) is 10.0 Å². The van der Waals surface area contributed by atoms with E-state index in [0.717, 1.165) is 9.54 Å². The van der Waals surface area contributed by atoms with Gasteiger partial charge < -0.3 is 4.74 Å². The number of hydrogen-bond acceptors (Lipinski definition) is 5. The fraction of sp³-hybridized carbons (Fsp3) is 0.0833. The number of rotatable bonds is 6. The van der Waals surface area contributed by atoms with Crippen molar-refractivity contribution in [2.24, 2.45) is 0 Å². The van der Waals surface area contributed by atoms with Crippen molar-refractivity contribution in [3.63, 3.8) is 0 Å². The van der Waals surface area contributed by atoms with Crippen molar-refractivity contribution in [1.29, 1.82) is 0 Å². The number of aryl methyl sites for hydroxylation is 1. The first-order valence-electron chi connectivity index (χ1n) is 9.56. The zero-order valence-corrected chi connectivity index (χ0v) is 17.8. The number of ether oxygens (including phenoxy) is 1. The standard InChI is InChI=1S/C24H20N2O4S/c1-17-8-10-18(11-9-17)23(27)22-16-26(31(28,29)21-6-4-3-5-7-21)24(25-22)19-12-14-20(30-2)15-13-19/h3-16H,1-2H3. The molecule has 0 aliphatic carbocycles. The summed E-state index contributed by atoms with van der Waals surface area (Å²) in [5.41, 5.74) is 2.05. The van der Waals surface area contributed by atoms with Gasteiger partial charge in [-0.3, -0.25) is 4.79 Å². The molecule has 0 spiro atoms. The predicted octanol–water partition coefficient (Wildman–Crippen LogP) is 4.34. The molecule has 4 aromatic rings. The highest BCUT2D eigenvalue weighted by atomic mass is 32.2. The minimum absolute atomic E-state index is 0.0502. The summed E-state index contributed by atoms with van der Waals surface area (Å²) in [4.78, 5) is 17.6. The van der Waals surface area contributed by atoms with E-state index < -0.39 is 10.0 Å². The molecule has 0 aliphatic rings. The summed E-state index contributed by atoms with van der Waals surface area (Å²) in [5, 5.41) is 0. The highest BCUT2D eigenvalue weighted by Crippen LogP contribution is 2.27. The minimum Gasteiger partial charge on any atom is -0.497 e. The summed E-state index contributed by atoms with van der Waals surface area (Å²) < 4.78 is 33.0. The molecule has 4 rings (SSSR count). The zero-order valence-electron chi connectivity index (χ0n) is 17.0. The summed E-state index contributed by atoms with van der Waals surface area (Å²) in [6.07, 6.45) is 1.28. The molecule has 0 fully saturated rings. The van der Waals surface area contributed by atoms with E-state index in [9.17, 15) is 13.2 Å². The highest BCUT2D eigenvalue weighted by molar-refractivity contribution is 7.90. The molecule has 0 atom stereocenters. The minimum atomic E-state index is -3.96. The van der Waals surface area contributed by atoms with Gasteiger partial charge in [-0.05, 0) is 43.3 Å². The fourth-order valence-electron chi connectivity index (χ4n) is 3.15. The number of methoxy groups -OCH3 is 1. The van der Waals surface area contributed by atoms with E-state index in [4.69, 9.17) is 4.74 Å². The Morgan fingerprint density at radius 3 is 2.16 bits per heavy atom. The van der Waals surface area contributed by atoms with Gasteiger partial charge in [0, 0.05) is 11.1 Å². The molecule has 0 saturated carbocycles. The molecular formula is C24H20N2O4S. The Morgan fingerprint density at radius 2 is 1.55 bits per heavy atom. The maximum Gasteiger partial charge on any atom is 0.269 e. The van der Waals surface area contributed by atoms with E-state index in [1.165, 1.54) is 18.3 Å². The average molecular weight is 433 g/mol. The van der Waals surface area contributed by atoms with E-state index >= 15 is 0 Å². The van der Waals surface area contributed by atoms with Crippen LogP contribution in [0.15, 0.2) is 90.0 Å². The molecule has 0 amide bonds. The number of nitrogens with zero attached hydrogens (tertiary/aromatic N) is 2. The molecule has 0 saturated heterocycles. The van der Waals surface area contributed by atoms with E-state index in [-0.39, 0.29) is 22.2 Å². The topological polar surface area (TPSA) is 78.3 Å². The van der Waals surface area contributed by atoms with E-state index in [0.29, 0.717) is 16.9 Å². The van der Waals surface area contributed by atoms with Crippen molar-refractivity contribution in [3.05, 3.63) is 102 Å². The number of hydrogen-bond donors (Lipinski definition) is 0. The number of carbonyl (C=O) groups is 1. The van der Waals surface area contributed by atoms with E-state index in [1.54, 1.807) is 61.7 Å². The van der Waals surface area contributed by atoms with Gasteiger partial charge >= 0.3 is 0 Å². The van der Waals surface area contributed by atoms with Gasteiger partial charge in [-0.15, -0.1) is 0 Å². The van der Waals surface area contributed by atoms with Gasteiger partial charge in [-0.25, -0.2) is 17.4 Å². The largest absolute Gasteiger partial charge is 0.497 e. The molecule has 3 aromatic carbocycles. The van der Waals surface area contributed by atoms with Gasteiger partial charge in [-0.1, -0.05) is 48.0 Å². The van der Waals surface area contributed by atoms with E-state index in [2.05, 4.69) is 4.98 Å². The van der Waals surface area contributed by atoms with Gasteiger partial charge in [0.1, 0.15) is 11.4 Å². The summed E-state index contributed by atoms with van der Waals surface area (Å²) in [7, 11) is -2.41. The molecule has 156 valence electrons. The third-order valence-electron chi connectivity index (χ3n) is 4.87. The Hall–Kier alpha value is -3.71. The summed E-state index contributed by atoms with van der Waals surface area (Å²) in [6.45, 7) is 1.93. The molecule has 7 heteroatoms. The molecule has 31 heavy (non-hydrogen) atoms. The second-order valence-electron chi connectivity index (χ2n) is 6.99. The van der Waals surface area contributed by atoms with Crippen molar-refractivity contribution in [3.8, 4) is 17.1 Å². The molecule has 1 aromatic heterocycles. The Balaban J connectivity index is 1.87. The maximum atomic E-state index is 13.4. The lowest BCUT2D eigenvalue weighted by molar-refractivity contribution is 0.103. The number of carbonyl (C=O) groups excluding carboxylic acids is 1. The number of ketones is 1. The van der Waals surface area contributed by atoms with Crippen molar-refractivity contribution in [1.82, 2.24) is 8.96 Å². The molecule has 6 nitrogen and oxygen atoms in total. The first-order valence-corrected chi connectivity index (χ1v) is 11.0. The number of aromatic nitrogens is 2. The first-order chi connectivity index (χ1) is 14.9. The molecule has 0 radical (unpaired) electrons. The van der Waals surface area contributed by atoms with Crippen LogP contribution in [0.5, 0.6) is 5.75 Å². The van der Waals surface area contributed by atoms with Gasteiger partial charge in [0.15, 0.2) is 5.82 Å². The Bertz CT molecular complexity index is 1320. The maximum absolute atomic E-state index is 13.4. The molecule has 0 bridgehead atoms. The van der Waals surface area contributed by atoms with Crippen molar-refractivity contribution >= 4 is 15.8 Å². The Kier molecular flexibility index (Phi) is 5.44.